The van der Waals surface area contributed by atoms with E-state index in [1.54, 1.807) is 4.90 Å². The van der Waals surface area contributed by atoms with Crippen molar-refractivity contribution in [3.63, 3.8) is 0 Å². The van der Waals surface area contributed by atoms with E-state index in [2.05, 4.69) is 16.0 Å². The Morgan fingerprint density at radius 2 is 1.47 bits per heavy atom. The van der Waals surface area contributed by atoms with Gasteiger partial charge in [0.1, 0.15) is 12.1 Å². The topological polar surface area (TPSA) is 188 Å². The standard InChI is InChI=1S/C36H58N6O7/c1-21(2)24-18-26(33(47)38-25(31(45)32(37)46)17-22-11-9-12-22)41(19-24)34(48)30(23-13-7-6-8-14-23)40-35(49)39-27(36(3,4)5)20-42-28(43)15-10-16-29(42)44/h21-27,30H,6-20H2,1-5H3,(H2,37,46)(H,38,47)(H2,39,40,49)/t24-,25?,26+,27-,30+/m1/s1. The molecule has 13 nitrogen and oxygen atoms in total. The van der Waals surface area contributed by atoms with Crippen LogP contribution in [0.3, 0.4) is 0 Å². The Morgan fingerprint density at radius 3 is 2.00 bits per heavy atom. The lowest BCUT2D eigenvalue weighted by atomic mass is 9.80. The van der Waals surface area contributed by atoms with E-state index in [1.165, 1.54) is 4.90 Å². The molecule has 5 N–H and O–H groups in total. The number of carbonyl (C=O) groups excluding carboxylic acids is 7. The monoisotopic (exact) mass is 686 g/mol. The van der Waals surface area contributed by atoms with Crippen LogP contribution in [0.4, 0.5) is 4.79 Å². The van der Waals surface area contributed by atoms with Gasteiger partial charge >= 0.3 is 6.03 Å². The molecule has 0 bridgehead atoms. The molecule has 2 heterocycles. The van der Waals surface area contributed by atoms with Crippen molar-refractivity contribution < 1.29 is 33.6 Å². The molecule has 2 saturated carbocycles. The average molecular weight is 687 g/mol. The SMILES string of the molecule is CC(C)[C@@H]1C[C@@H](C(=O)NC(CC2CCC2)C(=O)C(N)=O)N(C(=O)[C@@H](NC(=O)N[C@H](CN2C(=O)CCCC2=O)C(C)(C)C)C2CCCCC2)C1. The largest absolute Gasteiger partial charge is 0.363 e. The lowest BCUT2D eigenvalue weighted by Gasteiger charge is -2.38. The summed E-state index contributed by atoms with van der Waals surface area (Å²) < 4.78 is 0. The highest BCUT2D eigenvalue weighted by Crippen LogP contribution is 2.34. The molecule has 2 saturated heterocycles. The predicted molar refractivity (Wildman–Crippen MR) is 182 cm³/mol. The van der Waals surface area contributed by atoms with E-state index in [0.29, 0.717) is 25.8 Å². The van der Waals surface area contributed by atoms with E-state index in [-0.39, 0.29) is 60.8 Å². The molecule has 0 aromatic rings. The summed E-state index contributed by atoms with van der Waals surface area (Å²) in [6, 6.07) is -3.98. The number of nitrogens with zero attached hydrogens (tertiary/aromatic N) is 2. The van der Waals surface area contributed by atoms with Crippen molar-refractivity contribution in [1.29, 1.82) is 0 Å². The van der Waals surface area contributed by atoms with Gasteiger partial charge in [-0.3, -0.25) is 33.7 Å². The maximum atomic E-state index is 14.6. The first-order chi connectivity index (χ1) is 23.1. The number of hydrogen-bond acceptors (Lipinski definition) is 7. The van der Waals surface area contributed by atoms with Crippen molar-refractivity contribution in [3.8, 4) is 0 Å². The molecule has 0 spiro atoms. The number of nitrogens with one attached hydrogen (secondary N) is 3. The summed E-state index contributed by atoms with van der Waals surface area (Å²) >= 11 is 0. The molecule has 2 aliphatic heterocycles. The van der Waals surface area contributed by atoms with Crippen LogP contribution in [0.15, 0.2) is 0 Å². The minimum Gasteiger partial charge on any atom is -0.363 e. The van der Waals surface area contributed by atoms with Crippen LogP contribution in [0.25, 0.3) is 0 Å². The molecule has 1 unspecified atom stereocenters. The number of nitrogens with two attached hydrogens (primary N) is 1. The Balaban J connectivity index is 1.55. The number of ketones is 1. The quantitative estimate of drug-likeness (QED) is 0.169. The van der Waals surface area contributed by atoms with E-state index in [1.807, 2.05) is 34.6 Å². The van der Waals surface area contributed by atoms with Gasteiger partial charge in [0.15, 0.2) is 0 Å². The molecule has 13 heteroatoms. The maximum absolute atomic E-state index is 14.6. The molecule has 7 amide bonds. The van der Waals surface area contributed by atoms with Crippen LogP contribution in [0.2, 0.25) is 0 Å². The van der Waals surface area contributed by atoms with Crippen LogP contribution in [0, 0.1) is 29.1 Å². The van der Waals surface area contributed by atoms with Crippen molar-refractivity contribution in [2.24, 2.45) is 34.8 Å². The summed E-state index contributed by atoms with van der Waals surface area (Å²) in [5.41, 5.74) is 4.83. The Labute approximate surface area is 290 Å². The highest BCUT2D eigenvalue weighted by Gasteiger charge is 2.46. The second-order valence-electron chi connectivity index (χ2n) is 16.2. The van der Waals surface area contributed by atoms with Crippen molar-refractivity contribution in [1.82, 2.24) is 25.8 Å². The Bertz CT molecular complexity index is 1250. The van der Waals surface area contributed by atoms with Crippen molar-refractivity contribution in [2.45, 2.75) is 142 Å². The average Bonchev–Trinajstić information content (AvgIpc) is 3.48. The lowest BCUT2D eigenvalue weighted by molar-refractivity contribution is -0.148. The minimum absolute atomic E-state index is 0.0161. The highest BCUT2D eigenvalue weighted by molar-refractivity contribution is 6.37. The first-order valence-electron chi connectivity index (χ1n) is 18.4. The summed E-state index contributed by atoms with van der Waals surface area (Å²) in [5, 5.41) is 8.73. The van der Waals surface area contributed by atoms with Crippen LogP contribution >= 0.6 is 0 Å². The summed E-state index contributed by atoms with van der Waals surface area (Å²) in [6.45, 7) is 10.2. The molecule has 0 aromatic heterocycles. The number of rotatable bonds is 13. The molecule has 0 radical (unpaired) electrons. The second-order valence-corrected chi connectivity index (χ2v) is 16.2. The molecule has 49 heavy (non-hydrogen) atoms. The number of hydrogen-bond donors (Lipinski definition) is 4. The number of primary amides is 1. The number of carbonyl (C=O) groups is 7. The van der Waals surface area contributed by atoms with Gasteiger partial charge in [0.25, 0.3) is 5.91 Å². The molecular formula is C36H58N6O7. The second kappa shape index (κ2) is 16.5. The number of likely N-dealkylation sites (tertiary alicyclic amines) is 2. The summed E-state index contributed by atoms with van der Waals surface area (Å²) in [7, 11) is 0. The molecule has 4 aliphatic rings. The van der Waals surface area contributed by atoms with Gasteiger partial charge in [-0.05, 0) is 61.2 Å². The van der Waals surface area contributed by atoms with Gasteiger partial charge in [-0.1, -0.05) is 73.1 Å². The fraction of sp³-hybridized carbons (Fsp3) is 0.806. The zero-order valence-electron chi connectivity index (χ0n) is 30.1. The van der Waals surface area contributed by atoms with Crippen LogP contribution in [-0.4, -0.2) is 88.4 Å². The number of imide groups is 1. The third-order valence-corrected chi connectivity index (χ3v) is 11.3. The number of amides is 7. The molecule has 4 fully saturated rings. The van der Waals surface area contributed by atoms with E-state index in [0.717, 1.165) is 51.4 Å². The molecular weight excluding hydrogens is 628 g/mol. The van der Waals surface area contributed by atoms with Gasteiger partial charge in [-0.25, -0.2) is 4.79 Å². The summed E-state index contributed by atoms with van der Waals surface area (Å²) in [5.74, 6) is -3.03. The Morgan fingerprint density at radius 1 is 0.837 bits per heavy atom. The predicted octanol–water partition coefficient (Wildman–Crippen LogP) is 2.79. The third-order valence-electron chi connectivity index (χ3n) is 11.3. The van der Waals surface area contributed by atoms with E-state index in [9.17, 15) is 33.6 Å². The molecule has 274 valence electrons. The lowest BCUT2D eigenvalue weighted by Crippen LogP contribution is -2.61. The first-order valence-corrected chi connectivity index (χ1v) is 18.4. The van der Waals surface area contributed by atoms with Gasteiger partial charge < -0.3 is 26.6 Å². The Hall–Kier alpha value is -3.51. The van der Waals surface area contributed by atoms with Gasteiger partial charge in [0.05, 0.1) is 12.1 Å². The van der Waals surface area contributed by atoms with Gasteiger partial charge in [-0.15, -0.1) is 0 Å². The zero-order chi connectivity index (χ0) is 36.0. The van der Waals surface area contributed by atoms with Gasteiger partial charge in [0, 0.05) is 25.9 Å². The number of Topliss-reactive ketones (excluding diaryl/α,β-unsaturated/α-hetero) is 1. The van der Waals surface area contributed by atoms with Crippen LogP contribution in [-0.2, 0) is 28.8 Å². The molecule has 4 rings (SSSR count). The van der Waals surface area contributed by atoms with Crippen molar-refractivity contribution >= 4 is 41.4 Å². The van der Waals surface area contributed by atoms with Gasteiger partial charge in [-0.2, -0.15) is 0 Å². The van der Waals surface area contributed by atoms with Crippen molar-refractivity contribution in [2.75, 3.05) is 13.1 Å². The fourth-order valence-electron chi connectivity index (χ4n) is 7.67. The molecule has 5 atom stereocenters. The first kappa shape index (κ1) is 38.3. The van der Waals surface area contributed by atoms with E-state index in [4.69, 9.17) is 5.73 Å². The van der Waals surface area contributed by atoms with Crippen LogP contribution in [0.1, 0.15) is 118 Å². The minimum atomic E-state index is -1.10. The van der Waals surface area contributed by atoms with Crippen LogP contribution < -0.4 is 21.7 Å². The number of urea groups is 1. The normalized spacial score (nSPS) is 24.2. The van der Waals surface area contributed by atoms with E-state index >= 15 is 0 Å². The van der Waals surface area contributed by atoms with Crippen molar-refractivity contribution in [3.05, 3.63) is 0 Å². The summed E-state index contributed by atoms with van der Waals surface area (Å²) in [6.07, 6.45) is 9.02. The Kier molecular flexibility index (Phi) is 12.9. The smallest absolute Gasteiger partial charge is 0.315 e. The zero-order valence-corrected chi connectivity index (χ0v) is 30.1. The number of piperidine rings is 1. The molecule has 0 aromatic carbocycles. The maximum Gasteiger partial charge on any atom is 0.315 e. The molecule has 2 aliphatic carbocycles. The fourth-order valence-corrected chi connectivity index (χ4v) is 7.67. The van der Waals surface area contributed by atoms with Crippen LogP contribution in [0.5, 0.6) is 0 Å². The summed E-state index contributed by atoms with van der Waals surface area (Å²) in [4.78, 5) is 94.8. The van der Waals surface area contributed by atoms with E-state index < -0.39 is 53.2 Å². The highest BCUT2D eigenvalue weighted by atomic mass is 16.2. The third kappa shape index (κ3) is 9.81. The van der Waals surface area contributed by atoms with Gasteiger partial charge in [0.2, 0.25) is 29.4 Å².